The molecule has 0 aliphatic carbocycles. The number of fused-ring (bicyclic) bond motifs is 1. The van der Waals surface area contributed by atoms with Gasteiger partial charge in [0.2, 0.25) is 0 Å². The van der Waals surface area contributed by atoms with Crippen molar-refractivity contribution >= 4 is 23.0 Å². The molecule has 0 unspecified atom stereocenters. The first-order chi connectivity index (χ1) is 7.81. The molecule has 0 bridgehead atoms. The molecule has 1 aromatic heterocycles. The second-order valence-electron chi connectivity index (χ2n) is 3.51. The summed E-state index contributed by atoms with van der Waals surface area (Å²) in [5, 5.41) is 7.79. The van der Waals surface area contributed by atoms with Crippen LogP contribution in [0.5, 0.6) is 0 Å². The van der Waals surface area contributed by atoms with Gasteiger partial charge in [0.25, 0.3) is 0 Å². The molecule has 0 radical (unpaired) electrons. The van der Waals surface area contributed by atoms with E-state index < -0.39 is 0 Å². The van der Waals surface area contributed by atoms with Crippen molar-refractivity contribution in [2.75, 3.05) is 6.54 Å². The Kier molecular flexibility index (Phi) is 3.36. The summed E-state index contributed by atoms with van der Waals surface area (Å²) in [4.78, 5) is 0. The van der Waals surface area contributed by atoms with E-state index in [1.165, 1.54) is 5.69 Å². The molecule has 0 atom stereocenters. The second kappa shape index (κ2) is 4.94. The molecule has 2 N–H and O–H groups in total. The predicted octanol–water partition coefficient (Wildman–Crippen LogP) is 1.25. The fourth-order valence-corrected chi connectivity index (χ4v) is 1.79. The van der Waals surface area contributed by atoms with E-state index in [9.17, 15) is 0 Å². The van der Waals surface area contributed by atoms with E-state index in [1.807, 2.05) is 6.07 Å². The summed E-state index contributed by atoms with van der Waals surface area (Å²) in [6.07, 6.45) is 4.77. The van der Waals surface area contributed by atoms with Crippen LogP contribution < -0.4 is 10.7 Å². The third-order valence-corrected chi connectivity index (χ3v) is 2.65. The zero-order valence-electron chi connectivity index (χ0n) is 8.94. The molecule has 0 saturated heterocycles. The van der Waals surface area contributed by atoms with Crippen LogP contribution in [0.25, 0.3) is 0 Å². The van der Waals surface area contributed by atoms with Gasteiger partial charge in [-0.05, 0) is 24.4 Å². The fraction of sp³-hybridized carbons (Fsp3) is 0.273. The fourth-order valence-electron chi connectivity index (χ4n) is 1.66. The number of hydrogen-bond donors (Lipinski definition) is 2. The highest BCUT2D eigenvalue weighted by Gasteiger charge is 2.16. The number of hydrazone groups is 1. The van der Waals surface area contributed by atoms with E-state index in [0.717, 1.165) is 18.7 Å². The van der Waals surface area contributed by atoms with E-state index >= 15 is 0 Å². The lowest BCUT2D eigenvalue weighted by Gasteiger charge is -2.04. The largest absolute Gasteiger partial charge is 0.358 e. The van der Waals surface area contributed by atoms with Crippen LogP contribution in [0.4, 0.5) is 0 Å². The van der Waals surface area contributed by atoms with Crippen LogP contribution in [-0.2, 0) is 6.54 Å². The molecule has 4 nitrogen and oxygen atoms in total. The predicted molar refractivity (Wildman–Crippen MR) is 69.5 cm³/mol. The molecule has 0 amide bonds. The van der Waals surface area contributed by atoms with E-state index in [4.69, 9.17) is 12.2 Å². The van der Waals surface area contributed by atoms with Gasteiger partial charge in [0.1, 0.15) is 0 Å². The smallest absolute Gasteiger partial charge is 0.187 e. The first kappa shape index (κ1) is 10.9. The second-order valence-corrected chi connectivity index (χ2v) is 3.91. The number of thiocarbonyl (C=S) groups is 1. The Balaban J connectivity index is 1.94. The van der Waals surface area contributed by atoms with Gasteiger partial charge >= 0.3 is 0 Å². The Morgan fingerprint density at radius 3 is 3.38 bits per heavy atom. The highest BCUT2D eigenvalue weighted by molar-refractivity contribution is 7.80. The van der Waals surface area contributed by atoms with Crippen LogP contribution in [0.1, 0.15) is 12.1 Å². The third kappa shape index (κ3) is 2.30. The first-order valence-corrected chi connectivity index (χ1v) is 5.59. The summed E-state index contributed by atoms with van der Waals surface area (Å²) in [5.41, 5.74) is 5.05. The van der Waals surface area contributed by atoms with Crippen LogP contribution in [-0.4, -0.2) is 21.9 Å². The van der Waals surface area contributed by atoms with Crippen molar-refractivity contribution in [3.05, 3.63) is 36.7 Å². The van der Waals surface area contributed by atoms with Crippen LogP contribution >= 0.6 is 12.2 Å². The molecule has 2 heterocycles. The molecule has 0 saturated carbocycles. The molecule has 0 spiro atoms. The summed E-state index contributed by atoms with van der Waals surface area (Å²) >= 11 is 5.05. The van der Waals surface area contributed by atoms with Crippen molar-refractivity contribution in [2.45, 2.75) is 13.0 Å². The minimum atomic E-state index is 0.525. The van der Waals surface area contributed by atoms with Crippen LogP contribution in [0, 0.1) is 0 Å². The molecule has 0 fully saturated rings. The Morgan fingerprint density at radius 1 is 1.69 bits per heavy atom. The minimum absolute atomic E-state index is 0.525. The van der Waals surface area contributed by atoms with E-state index in [-0.39, 0.29) is 0 Å². The maximum absolute atomic E-state index is 5.05. The van der Waals surface area contributed by atoms with Crippen molar-refractivity contribution in [3.63, 3.8) is 0 Å². The van der Waals surface area contributed by atoms with Crippen molar-refractivity contribution in [2.24, 2.45) is 5.10 Å². The first-order valence-electron chi connectivity index (χ1n) is 5.18. The Morgan fingerprint density at radius 2 is 2.56 bits per heavy atom. The van der Waals surface area contributed by atoms with Crippen molar-refractivity contribution in [1.82, 2.24) is 15.3 Å². The molecule has 1 aromatic rings. The number of aromatic nitrogens is 1. The minimum Gasteiger partial charge on any atom is -0.358 e. The maximum atomic E-state index is 5.05. The monoisotopic (exact) mass is 234 g/mol. The molecule has 1 aliphatic heterocycles. The van der Waals surface area contributed by atoms with Gasteiger partial charge in [-0.3, -0.25) is 5.43 Å². The van der Waals surface area contributed by atoms with Crippen molar-refractivity contribution in [1.29, 1.82) is 0 Å². The standard InChI is InChI=1S/C11H14N4S/c1-2-6-12-11(16)14-13-9-5-8-15-7-3-4-10(9)15/h2-4,7H,1,5-6,8H2,(H2,12,14,16). The third-order valence-electron chi connectivity index (χ3n) is 2.41. The normalized spacial score (nSPS) is 15.9. The van der Waals surface area contributed by atoms with Gasteiger partial charge in [0.15, 0.2) is 5.11 Å². The molecule has 2 rings (SSSR count). The molecule has 1 aliphatic rings. The zero-order chi connectivity index (χ0) is 11.4. The van der Waals surface area contributed by atoms with E-state index in [2.05, 4.69) is 39.3 Å². The SMILES string of the molecule is C=CCNC(=S)NN=C1CCn2cccc21. The lowest BCUT2D eigenvalue weighted by atomic mass is 10.2. The average Bonchev–Trinajstić information content (AvgIpc) is 2.86. The Hall–Kier alpha value is -1.62. The maximum Gasteiger partial charge on any atom is 0.187 e. The topological polar surface area (TPSA) is 41.4 Å². The summed E-state index contributed by atoms with van der Waals surface area (Å²) in [6, 6.07) is 4.09. The summed E-state index contributed by atoms with van der Waals surface area (Å²) in [5.74, 6) is 0. The number of hydrogen-bond acceptors (Lipinski definition) is 2. The lowest BCUT2D eigenvalue weighted by molar-refractivity contribution is 0.770. The summed E-state index contributed by atoms with van der Waals surface area (Å²) in [6.45, 7) is 5.25. The number of nitrogens with zero attached hydrogens (tertiary/aromatic N) is 2. The molecule has 16 heavy (non-hydrogen) atoms. The van der Waals surface area contributed by atoms with Gasteiger partial charge in [-0.1, -0.05) is 6.08 Å². The Bertz CT molecular complexity index is 433. The summed E-state index contributed by atoms with van der Waals surface area (Å²) in [7, 11) is 0. The van der Waals surface area contributed by atoms with Crippen LogP contribution in [0.15, 0.2) is 36.1 Å². The van der Waals surface area contributed by atoms with Gasteiger partial charge in [0.05, 0.1) is 11.4 Å². The van der Waals surface area contributed by atoms with E-state index in [1.54, 1.807) is 6.08 Å². The van der Waals surface area contributed by atoms with Crippen LogP contribution in [0.2, 0.25) is 0 Å². The lowest BCUT2D eigenvalue weighted by Crippen LogP contribution is -2.32. The van der Waals surface area contributed by atoms with Crippen molar-refractivity contribution < 1.29 is 0 Å². The van der Waals surface area contributed by atoms with Gasteiger partial charge in [-0.15, -0.1) is 6.58 Å². The number of rotatable bonds is 3. The van der Waals surface area contributed by atoms with Gasteiger partial charge < -0.3 is 9.88 Å². The van der Waals surface area contributed by atoms with Gasteiger partial charge in [-0.2, -0.15) is 5.10 Å². The van der Waals surface area contributed by atoms with Gasteiger partial charge in [0, 0.05) is 25.7 Å². The molecule has 0 aromatic carbocycles. The van der Waals surface area contributed by atoms with Crippen molar-refractivity contribution in [3.8, 4) is 0 Å². The summed E-state index contributed by atoms with van der Waals surface area (Å²) < 4.78 is 2.18. The molecule has 84 valence electrons. The molecular formula is C11H14N4S. The number of nitrogens with one attached hydrogen (secondary N) is 2. The Labute approximate surface area is 100 Å². The average molecular weight is 234 g/mol. The highest BCUT2D eigenvalue weighted by Crippen LogP contribution is 2.15. The molecular weight excluding hydrogens is 220 g/mol. The zero-order valence-corrected chi connectivity index (χ0v) is 9.76. The van der Waals surface area contributed by atoms with E-state index in [0.29, 0.717) is 11.7 Å². The molecule has 5 heteroatoms. The van der Waals surface area contributed by atoms with Gasteiger partial charge in [-0.25, -0.2) is 0 Å². The highest BCUT2D eigenvalue weighted by atomic mass is 32.1. The van der Waals surface area contributed by atoms with Crippen LogP contribution in [0.3, 0.4) is 0 Å². The number of aryl methyl sites for hydroxylation is 1. The quantitative estimate of drug-likeness (QED) is 0.470.